The van der Waals surface area contributed by atoms with Gasteiger partial charge < -0.3 is 4.90 Å². The lowest BCUT2D eigenvalue weighted by atomic mass is 10.1. The second kappa shape index (κ2) is 7.97. The van der Waals surface area contributed by atoms with Crippen molar-refractivity contribution in [2.24, 2.45) is 0 Å². The lowest BCUT2D eigenvalue weighted by Crippen LogP contribution is -2.47. The van der Waals surface area contributed by atoms with Gasteiger partial charge in [0.05, 0.1) is 24.5 Å². The molecule has 1 aliphatic rings. The number of rotatable bonds is 4. The van der Waals surface area contributed by atoms with E-state index >= 15 is 0 Å². The maximum absolute atomic E-state index is 8.99. The van der Waals surface area contributed by atoms with Gasteiger partial charge in [-0.15, -0.1) is 0 Å². The molecule has 4 aromatic rings. The number of nitriles is 1. The minimum atomic E-state index is 0.481. The summed E-state index contributed by atoms with van der Waals surface area (Å²) in [5.74, 6) is 1.04. The van der Waals surface area contributed by atoms with Crippen molar-refractivity contribution >= 4 is 11.5 Å². The van der Waals surface area contributed by atoms with Gasteiger partial charge in [0.2, 0.25) is 0 Å². The van der Waals surface area contributed by atoms with Crippen molar-refractivity contribution in [2.45, 2.75) is 0 Å². The van der Waals surface area contributed by atoms with E-state index in [0.717, 1.165) is 60.0 Å². The molecule has 2 aromatic carbocycles. The van der Waals surface area contributed by atoms with Gasteiger partial charge in [-0.25, -0.2) is 4.98 Å². The summed E-state index contributed by atoms with van der Waals surface area (Å²) in [5.41, 5.74) is 5.02. The van der Waals surface area contributed by atoms with Crippen LogP contribution in [0.1, 0.15) is 0 Å². The Kier molecular flexibility index (Phi) is 4.88. The van der Waals surface area contributed by atoms with Gasteiger partial charge in [0, 0.05) is 43.4 Å². The van der Waals surface area contributed by atoms with E-state index in [-0.39, 0.29) is 0 Å². The van der Waals surface area contributed by atoms with Crippen LogP contribution in [-0.2, 0) is 0 Å². The number of hydrogen-bond donors (Lipinski definition) is 0. The zero-order chi connectivity index (χ0) is 20.3. The first-order chi connectivity index (χ1) is 14.8. The topological polar surface area (TPSA) is 60.5 Å². The molecule has 0 saturated carbocycles. The fourth-order valence-electron chi connectivity index (χ4n) is 3.99. The Balaban J connectivity index is 1.63. The molecule has 2 aromatic heterocycles. The van der Waals surface area contributed by atoms with Crippen LogP contribution in [-0.4, -0.2) is 52.2 Å². The number of nitrogens with zero attached hydrogens (tertiary/aromatic N) is 6. The molecule has 0 bridgehead atoms. The molecule has 0 radical (unpaired) electrons. The Hall–Kier alpha value is -3.69. The highest BCUT2D eigenvalue weighted by Gasteiger charge is 2.22. The maximum atomic E-state index is 8.99. The molecule has 0 N–H and O–H groups in total. The van der Waals surface area contributed by atoms with Gasteiger partial charge >= 0.3 is 0 Å². The standard InChI is InChI=1S/C24H22N6/c25-11-12-28-13-15-29(16-14-28)23-17-22(20-9-5-2-6-10-20)27-24-21(18-26-30(23)24)19-7-3-1-4-8-19/h1-10,17-18H,12-16H2. The Labute approximate surface area is 175 Å². The Morgan fingerprint density at radius 1 is 0.867 bits per heavy atom. The molecular formula is C24H22N6. The van der Waals surface area contributed by atoms with Crippen LogP contribution in [0.3, 0.4) is 0 Å². The molecule has 1 saturated heterocycles. The van der Waals surface area contributed by atoms with E-state index in [1.165, 1.54) is 0 Å². The lowest BCUT2D eigenvalue weighted by Gasteiger charge is -2.34. The van der Waals surface area contributed by atoms with Crippen LogP contribution in [0.5, 0.6) is 0 Å². The fraction of sp³-hybridized carbons (Fsp3) is 0.208. The minimum absolute atomic E-state index is 0.481. The molecule has 6 heteroatoms. The summed E-state index contributed by atoms with van der Waals surface area (Å²) >= 11 is 0. The van der Waals surface area contributed by atoms with E-state index in [0.29, 0.717) is 6.54 Å². The molecule has 0 atom stereocenters. The molecular weight excluding hydrogens is 372 g/mol. The first kappa shape index (κ1) is 18.3. The molecule has 148 valence electrons. The van der Waals surface area contributed by atoms with E-state index in [9.17, 15) is 0 Å². The van der Waals surface area contributed by atoms with Crippen molar-refractivity contribution < 1.29 is 0 Å². The van der Waals surface area contributed by atoms with Crippen LogP contribution in [0, 0.1) is 11.3 Å². The van der Waals surface area contributed by atoms with Gasteiger partial charge in [-0.2, -0.15) is 14.9 Å². The SMILES string of the molecule is N#CCN1CCN(c2cc(-c3ccccc3)nc3c(-c4ccccc4)cnn23)CC1. The third kappa shape index (κ3) is 3.40. The summed E-state index contributed by atoms with van der Waals surface area (Å²) < 4.78 is 1.95. The first-order valence-corrected chi connectivity index (χ1v) is 10.2. The Morgan fingerprint density at radius 3 is 2.20 bits per heavy atom. The Bertz CT molecular complexity index is 1190. The number of benzene rings is 2. The monoisotopic (exact) mass is 394 g/mol. The number of hydrogen-bond acceptors (Lipinski definition) is 5. The van der Waals surface area contributed by atoms with Crippen LogP contribution in [0.4, 0.5) is 5.82 Å². The number of aromatic nitrogens is 3. The van der Waals surface area contributed by atoms with Crippen LogP contribution in [0.25, 0.3) is 28.0 Å². The van der Waals surface area contributed by atoms with Crippen LogP contribution >= 0.6 is 0 Å². The van der Waals surface area contributed by atoms with Crippen LogP contribution in [0.2, 0.25) is 0 Å². The van der Waals surface area contributed by atoms with E-state index in [1.807, 2.05) is 47.1 Å². The van der Waals surface area contributed by atoms with Crippen molar-refractivity contribution in [1.82, 2.24) is 19.5 Å². The summed E-state index contributed by atoms with van der Waals surface area (Å²) in [4.78, 5) is 9.53. The van der Waals surface area contributed by atoms with Gasteiger partial charge in [0.25, 0.3) is 0 Å². The first-order valence-electron chi connectivity index (χ1n) is 10.2. The predicted molar refractivity (Wildman–Crippen MR) is 118 cm³/mol. The van der Waals surface area contributed by atoms with Crippen molar-refractivity contribution in [3.05, 3.63) is 72.9 Å². The second-order valence-electron chi connectivity index (χ2n) is 7.45. The molecule has 3 heterocycles. The third-order valence-electron chi connectivity index (χ3n) is 5.60. The highest BCUT2D eigenvalue weighted by Crippen LogP contribution is 2.30. The quantitative estimate of drug-likeness (QED) is 0.494. The normalized spacial score (nSPS) is 14.7. The molecule has 0 amide bonds. The number of anilines is 1. The van der Waals surface area contributed by atoms with Crippen molar-refractivity contribution in [1.29, 1.82) is 5.26 Å². The van der Waals surface area contributed by atoms with E-state index < -0.39 is 0 Å². The van der Waals surface area contributed by atoms with Crippen LogP contribution < -0.4 is 4.90 Å². The summed E-state index contributed by atoms with van der Waals surface area (Å²) in [6.07, 6.45) is 1.90. The van der Waals surface area contributed by atoms with Gasteiger partial charge in [-0.3, -0.25) is 4.90 Å². The summed E-state index contributed by atoms with van der Waals surface area (Å²) in [5, 5.41) is 13.7. The molecule has 1 fully saturated rings. The van der Waals surface area contributed by atoms with Gasteiger partial charge in [0.1, 0.15) is 5.82 Å². The smallest absolute Gasteiger partial charge is 0.165 e. The molecule has 6 nitrogen and oxygen atoms in total. The molecule has 30 heavy (non-hydrogen) atoms. The van der Waals surface area contributed by atoms with E-state index in [1.54, 1.807) is 0 Å². The second-order valence-corrected chi connectivity index (χ2v) is 7.45. The molecule has 0 aliphatic carbocycles. The maximum Gasteiger partial charge on any atom is 0.165 e. The van der Waals surface area contributed by atoms with Crippen molar-refractivity contribution in [2.75, 3.05) is 37.6 Å². The number of fused-ring (bicyclic) bond motifs is 1. The molecule has 1 aliphatic heterocycles. The lowest BCUT2D eigenvalue weighted by molar-refractivity contribution is 0.286. The minimum Gasteiger partial charge on any atom is -0.354 e. The highest BCUT2D eigenvalue weighted by molar-refractivity contribution is 5.80. The zero-order valence-electron chi connectivity index (χ0n) is 16.6. The van der Waals surface area contributed by atoms with Gasteiger partial charge in [-0.1, -0.05) is 60.7 Å². The summed E-state index contributed by atoms with van der Waals surface area (Å²) in [6, 6.07) is 24.9. The largest absolute Gasteiger partial charge is 0.354 e. The fourth-order valence-corrected chi connectivity index (χ4v) is 3.99. The van der Waals surface area contributed by atoms with Crippen molar-refractivity contribution in [3.8, 4) is 28.5 Å². The Morgan fingerprint density at radius 2 is 1.53 bits per heavy atom. The van der Waals surface area contributed by atoms with Crippen molar-refractivity contribution in [3.63, 3.8) is 0 Å². The average molecular weight is 394 g/mol. The number of piperazine rings is 1. The average Bonchev–Trinajstić information content (AvgIpc) is 3.24. The van der Waals surface area contributed by atoms with Gasteiger partial charge in [0.15, 0.2) is 5.65 Å². The summed E-state index contributed by atoms with van der Waals surface area (Å²) in [7, 11) is 0. The van der Waals surface area contributed by atoms with Crippen LogP contribution in [0.15, 0.2) is 72.9 Å². The third-order valence-corrected chi connectivity index (χ3v) is 5.60. The molecule has 0 spiro atoms. The summed E-state index contributed by atoms with van der Waals surface area (Å²) in [6.45, 7) is 3.93. The highest BCUT2D eigenvalue weighted by atomic mass is 15.4. The molecule has 5 rings (SSSR count). The molecule has 0 unspecified atom stereocenters. The van der Waals surface area contributed by atoms with E-state index in [4.69, 9.17) is 15.3 Å². The zero-order valence-corrected chi connectivity index (χ0v) is 16.6. The van der Waals surface area contributed by atoms with E-state index in [2.05, 4.69) is 46.2 Å². The predicted octanol–water partition coefficient (Wildman–Crippen LogP) is 3.71. The van der Waals surface area contributed by atoms with Gasteiger partial charge in [-0.05, 0) is 5.56 Å².